The zero-order valence-electron chi connectivity index (χ0n) is 12.7. The number of alkyl halides is 3. The molecule has 2 nitrogen and oxygen atoms in total. The minimum absolute atomic E-state index is 0.00394. The molecule has 1 aromatic carbocycles. The van der Waals surface area contributed by atoms with Gasteiger partial charge < -0.3 is 5.32 Å². The third-order valence-electron chi connectivity index (χ3n) is 4.30. The Hall–Kier alpha value is -1.52. The lowest BCUT2D eigenvalue weighted by Gasteiger charge is -2.20. The van der Waals surface area contributed by atoms with Gasteiger partial charge in [0.2, 0.25) is 5.91 Å². The smallest absolute Gasteiger partial charge is 0.349 e. The summed E-state index contributed by atoms with van der Waals surface area (Å²) >= 11 is 0. The maximum Gasteiger partial charge on any atom is 0.416 e. The fourth-order valence-electron chi connectivity index (χ4n) is 2.94. The molecule has 1 saturated carbocycles. The highest BCUT2D eigenvalue weighted by molar-refractivity contribution is 5.79. The molecule has 1 N–H and O–H groups in total. The molecule has 0 spiro atoms. The quantitative estimate of drug-likeness (QED) is 0.794. The van der Waals surface area contributed by atoms with E-state index in [-0.39, 0.29) is 11.8 Å². The van der Waals surface area contributed by atoms with Crippen LogP contribution in [0.5, 0.6) is 0 Å². The van der Waals surface area contributed by atoms with E-state index in [0.717, 1.165) is 50.7 Å². The van der Waals surface area contributed by atoms with Crippen molar-refractivity contribution < 1.29 is 18.0 Å². The van der Waals surface area contributed by atoms with Crippen molar-refractivity contribution in [1.29, 1.82) is 0 Å². The van der Waals surface area contributed by atoms with Crippen LogP contribution in [0.2, 0.25) is 0 Å². The lowest BCUT2D eigenvalue weighted by molar-refractivity contribution is -0.137. The second kappa shape index (κ2) is 7.16. The molecule has 1 aromatic rings. The summed E-state index contributed by atoms with van der Waals surface area (Å²) in [5.41, 5.74) is -0.197. The molecule has 1 aliphatic carbocycles. The van der Waals surface area contributed by atoms with Crippen LogP contribution < -0.4 is 5.32 Å². The fraction of sp³-hybridized carbons (Fsp3) is 0.588. The summed E-state index contributed by atoms with van der Waals surface area (Å²) in [4.78, 5) is 12.3. The predicted octanol–water partition coefficient (Wildman–Crippen LogP) is 4.85. The number of hydrogen-bond acceptors (Lipinski definition) is 1. The van der Waals surface area contributed by atoms with Gasteiger partial charge in [-0.25, -0.2) is 0 Å². The maximum absolute atomic E-state index is 12.7. The summed E-state index contributed by atoms with van der Waals surface area (Å²) in [7, 11) is 0. The number of hydrogen-bond donors (Lipinski definition) is 1. The van der Waals surface area contributed by atoms with Crippen LogP contribution in [0.3, 0.4) is 0 Å². The molecular formula is C17H22F3NO. The Morgan fingerprint density at radius 1 is 1.18 bits per heavy atom. The first-order valence-electron chi connectivity index (χ1n) is 7.85. The average molecular weight is 313 g/mol. The molecule has 1 fully saturated rings. The number of benzene rings is 1. The highest BCUT2D eigenvalue weighted by Crippen LogP contribution is 2.31. The minimum Gasteiger partial charge on any atom is -0.349 e. The molecule has 1 unspecified atom stereocenters. The molecule has 122 valence electrons. The first-order chi connectivity index (χ1) is 10.4. The highest BCUT2D eigenvalue weighted by atomic mass is 19.4. The van der Waals surface area contributed by atoms with Crippen molar-refractivity contribution in [2.45, 2.75) is 57.7 Å². The van der Waals surface area contributed by atoms with E-state index < -0.39 is 17.8 Å². The zero-order valence-corrected chi connectivity index (χ0v) is 12.7. The fourth-order valence-corrected chi connectivity index (χ4v) is 2.94. The number of nitrogens with one attached hydrogen (secondary N) is 1. The molecule has 1 aliphatic rings. The van der Waals surface area contributed by atoms with Gasteiger partial charge in [-0.1, -0.05) is 37.8 Å². The molecule has 5 heteroatoms. The van der Waals surface area contributed by atoms with E-state index in [1.54, 1.807) is 13.0 Å². The summed E-state index contributed by atoms with van der Waals surface area (Å²) in [5, 5.41) is 2.87. The van der Waals surface area contributed by atoms with Gasteiger partial charge >= 0.3 is 6.18 Å². The van der Waals surface area contributed by atoms with Gasteiger partial charge in [-0.15, -0.1) is 0 Å². The van der Waals surface area contributed by atoms with Gasteiger partial charge in [0, 0.05) is 5.92 Å². The lowest BCUT2D eigenvalue weighted by Crippen LogP contribution is -2.32. The van der Waals surface area contributed by atoms with E-state index in [0.29, 0.717) is 5.56 Å². The van der Waals surface area contributed by atoms with Crippen LogP contribution in [-0.2, 0) is 11.0 Å². The van der Waals surface area contributed by atoms with Gasteiger partial charge in [0.1, 0.15) is 0 Å². The average Bonchev–Trinajstić information content (AvgIpc) is 2.75. The number of halogens is 3. The van der Waals surface area contributed by atoms with Crippen LogP contribution in [0.4, 0.5) is 13.2 Å². The van der Waals surface area contributed by atoms with Crippen molar-refractivity contribution in [2.75, 3.05) is 0 Å². The van der Waals surface area contributed by atoms with Crippen molar-refractivity contribution in [1.82, 2.24) is 5.32 Å². The Balaban J connectivity index is 2.02. The Labute approximate surface area is 129 Å². The van der Waals surface area contributed by atoms with E-state index in [9.17, 15) is 18.0 Å². The SMILES string of the molecule is CC(NC(=O)C1CCCCCC1)c1cccc(C(F)(F)F)c1. The van der Waals surface area contributed by atoms with Crippen molar-refractivity contribution in [3.63, 3.8) is 0 Å². The first kappa shape index (κ1) is 16.8. The van der Waals surface area contributed by atoms with Crippen LogP contribution in [0.15, 0.2) is 24.3 Å². The number of carbonyl (C=O) groups excluding carboxylic acids is 1. The van der Waals surface area contributed by atoms with Crippen LogP contribution in [0, 0.1) is 5.92 Å². The second-order valence-corrected chi connectivity index (χ2v) is 6.04. The number of rotatable bonds is 3. The Morgan fingerprint density at radius 3 is 2.41 bits per heavy atom. The zero-order chi connectivity index (χ0) is 16.2. The van der Waals surface area contributed by atoms with Crippen LogP contribution in [0.25, 0.3) is 0 Å². The molecule has 1 atom stereocenters. The molecule has 0 saturated heterocycles. The topological polar surface area (TPSA) is 29.1 Å². The van der Waals surface area contributed by atoms with Gasteiger partial charge in [-0.05, 0) is 37.5 Å². The molecule has 0 bridgehead atoms. The van der Waals surface area contributed by atoms with Gasteiger partial charge in [0.05, 0.1) is 11.6 Å². The third kappa shape index (κ3) is 4.49. The third-order valence-corrected chi connectivity index (χ3v) is 4.30. The van der Waals surface area contributed by atoms with Gasteiger partial charge in [0.15, 0.2) is 0 Å². The summed E-state index contributed by atoms with van der Waals surface area (Å²) in [6.07, 6.45) is 1.81. The van der Waals surface area contributed by atoms with Crippen molar-refractivity contribution in [3.05, 3.63) is 35.4 Å². The molecule has 1 amide bonds. The Morgan fingerprint density at radius 2 is 1.82 bits per heavy atom. The van der Waals surface area contributed by atoms with E-state index in [2.05, 4.69) is 5.32 Å². The van der Waals surface area contributed by atoms with Crippen LogP contribution in [-0.4, -0.2) is 5.91 Å². The molecule has 0 radical (unpaired) electrons. The van der Waals surface area contributed by atoms with E-state index >= 15 is 0 Å². The first-order valence-corrected chi connectivity index (χ1v) is 7.85. The van der Waals surface area contributed by atoms with Gasteiger partial charge in [-0.2, -0.15) is 13.2 Å². The molecule has 22 heavy (non-hydrogen) atoms. The molecular weight excluding hydrogens is 291 g/mol. The molecule has 0 aliphatic heterocycles. The second-order valence-electron chi connectivity index (χ2n) is 6.04. The molecule has 0 heterocycles. The molecule has 2 rings (SSSR count). The predicted molar refractivity (Wildman–Crippen MR) is 79.2 cm³/mol. The number of amides is 1. The normalized spacial score (nSPS) is 18.5. The number of carbonyl (C=O) groups is 1. The lowest BCUT2D eigenvalue weighted by atomic mass is 9.98. The summed E-state index contributed by atoms with van der Waals surface area (Å²) < 4.78 is 38.2. The van der Waals surface area contributed by atoms with E-state index in [1.807, 2.05) is 0 Å². The monoisotopic (exact) mass is 313 g/mol. The largest absolute Gasteiger partial charge is 0.416 e. The molecule has 0 aromatic heterocycles. The Kier molecular flexibility index (Phi) is 5.48. The van der Waals surface area contributed by atoms with Crippen molar-refractivity contribution in [2.24, 2.45) is 5.92 Å². The Bertz CT molecular complexity index is 505. The van der Waals surface area contributed by atoms with Crippen LogP contribution in [0.1, 0.15) is 62.6 Å². The van der Waals surface area contributed by atoms with E-state index in [1.165, 1.54) is 6.07 Å². The maximum atomic E-state index is 12.7. The highest BCUT2D eigenvalue weighted by Gasteiger charge is 2.31. The summed E-state index contributed by atoms with van der Waals surface area (Å²) in [6, 6.07) is 4.74. The minimum atomic E-state index is -4.36. The van der Waals surface area contributed by atoms with Gasteiger partial charge in [0.25, 0.3) is 0 Å². The standard InChI is InChI=1S/C17H22F3NO/c1-12(14-9-6-10-15(11-14)17(18,19)20)21-16(22)13-7-4-2-3-5-8-13/h6,9-13H,2-5,7-8H2,1H3,(H,21,22). The van der Waals surface area contributed by atoms with Crippen molar-refractivity contribution >= 4 is 5.91 Å². The summed E-state index contributed by atoms with van der Waals surface area (Å²) in [5.74, 6) is -0.0393. The van der Waals surface area contributed by atoms with E-state index in [4.69, 9.17) is 0 Å². The van der Waals surface area contributed by atoms with Gasteiger partial charge in [-0.3, -0.25) is 4.79 Å². The van der Waals surface area contributed by atoms with Crippen molar-refractivity contribution in [3.8, 4) is 0 Å². The van der Waals surface area contributed by atoms with Crippen LogP contribution >= 0.6 is 0 Å². The summed E-state index contributed by atoms with van der Waals surface area (Å²) in [6.45, 7) is 1.73.